The lowest BCUT2D eigenvalue weighted by atomic mass is 9.99. The molecule has 0 aromatic carbocycles. The van der Waals surface area contributed by atoms with E-state index in [0.29, 0.717) is 0 Å². The van der Waals surface area contributed by atoms with Gasteiger partial charge in [-0.15, -0.1) is 0 Å². The summed E-state index contributed by atoms with van der Waals surface area (Å²) in [6.07, 6.45) is 2.33. The summed E-state index contributed by atoms with van der Waals surface area (Å²) in [7, 11) is 0. The van der Waals surface area contributed by atoms with Crippen LogP contribution >= 0.6 is 0 Å². The Morgan fingerprint density at radius 2 is 2.24 bits per heavy atom. The van der Waals surface area contributed by atoms with Crippen LogP contribution in [0.1, 0.15) is 30.8 Å². The van der Waals surface area contributed by atoms with Gasteiger partial charge in [0, 0.05) is 6.20 Å². The summed E-state index contributed by atoms with van der Waals surface area (Å²) < 4.78 is 0. The molecule has 0 aliphatic heterocycles. The van der Waals surface area contributed by atoms with Gasteiger partial charge in [0.2, 0.25) is 0 Å². The average molecular weight is 239 g/mol. The molecule has 1 unspecified atom stereocenters. The fourth-order valence-corrected chi connectivity index (χ4v) is 1.07. The molecule has 1 amide bonds. The minimum Gasteiger partial charge on any atom is -0.480 e. The van der Waals surface area contributed by atoms with E-state index in [1.54, 1.807) is 6.92 Å². The maximum Gasteiger partial charge on any atom is 0.329 e. The van der Waals surface area contributed by atoms with E-state index >= 15 is 0 Å². The van der Waals surface area contributed by atoms with Crippen molar-refractivity contribution in [3.63, 3.8) is 0 Å². The number of rotatable bonds is 4. The Balaban J connectivity index is 2.89. The van der Waals surface area contributed by atoms with Crippen LogP contribution in [0.2, 0.25) is 0 Å². The molecule has 17 heavy (non-hydrogen) atoms. The first-order valence-corrected chi connectivity index (χ1v) is 4.99. The second-order valence-corrected chi connectivity index (χ2v) is 3.74. The van der Waals surface area contributed by atoms with Crippen molar-refractivity contribution < 1.29 is 14.7 Å². The van der Waals surface area contributed by atoms with E-state index in [1.165, 1.54) is 6.92 Å². The van der Waals surface area contributed by atoms with Gasteiger partial charge in [-0.2, -0.15) is 0 Å². The minimum absolute atomic E-state index is 0.0366. The summed E-state index contributed by atoms with van der Waals surface area (Å²) in [4.78, 5) is 39.3. The normalized spacial score (nSPS) is 13.8. The van der Waals surface area contributed by atoms with E-state index < -0.39 is 23.0 Å². The van der Waals surface area contributed by atoms with Gasteiger partial charge in [-0.1, -0.05) is 6.92 Å². The number of carbonyl (C=O) groups excluding carboxylic acids is 1. The number of aromatic nitrogens is 2. The molecule has 1 rings (SSSR count). The summed E-state index contributed by atoms with van der Waals surface area (Å²) in [6, 6.07) is 0. The monoisotopic (exact) mass is 239 g/mol. The van der Waals surface area contributed by atoms with Gasteiger partial charge in [-0.25, -0.2) is 9.78 Å². The van der Waals surface area contributed by atoms with Crippen LogP contribution in [-0.4, -0.2) is 32.5 Å². The highest BCUT2D eigenvalue weighted by Crippen LogP contribution is 2.09. The smallest absolute Gasteiger partial charge is 0.329 e. The van der Waals surface area contributed by atoms with Gasteiger partial charge in [0.1, 0.15) is 11.2 Å². The standard InChI is InChI=1S/C10H13N3O4/c1-3-10(2,9(16)17)13-8(15)6-4-12-7(14)5-11-6/h4-5H,3H2,1-2H3,(H,12,14)(H,13,15)(H,16,17). The van der Waals surface area contributed by atoms with Gasteiger partial charge in [0.15, 0.2) is 0 Å². The molecule has 1 atom stereocenters. The topological polar surface area (TPSA) is 112 Å². The predicted molar refractivity (Wildman–Crippen MR) is 58.7 cm³/mol. The van der Waals surface area contributed by atoms with E-state index in [9.17, 15) is 14.4 Å². The first-order valence-electron chi connectivity index (χ1n) is 4.99. The number of hydrogen-bond acceptors (Lipinski definition) is 4. The summed E-state index contributed by atoms with van der Waals surface area (Å²) >= 11 is 0. The Labute approximate surface area is 96.9 Å². The number of hydrogen-bond donors (Lipinski definition) is 3. The quantitative estimate of drug-likeness (QED) is 0.670. The summed E-state index contributed by atoms with van der Waals surface area (Å²) in [6.45, 7) is 3.05. The second-order valence-electron chi connectivity index (χ2n) is 3.74. The number of aliphatic carboxylic acids is 1. The maximum absolute atomic E-state index is 11.7. The molecule has 0 saturated carbocycles. The Hall–Kier alpha value is -2.18. The Kier molecular flexibility index (Phi) is 3.62. The van der Waals surface area contributed by atoms with E-state index in [-0.39, 0.29) is 12.1 Å². The zero-order chi connectivity index (χ0) is 13.1. The van der Waals surface area contributed by atoms with Crippen molar-refractivity contribution in [3.8, 4) is 0 Å². The van der Waals surface area contributed by atoms with Crippen molar-refractivity contribution in [3.05, 3.63) is 28.4 Å². The van der Waals surface area contributed by atoms with E-state index in [0.717, 1.165) is 12.4 Å². The largest absolute Gasteiger partial charge is 0.480 e. The Morgan fingerprint density at radius 1 is 1.59 bits per heavy atom. The third-order valence-corrected chi connectivity index (χ3v) is 2.47. The van der Waals surface area contributed by atoms with Crippen LogP contribution in [0.25, 0.3) is 0 Å². The second kappa shape index (κ2) is 4.77. The number of aromatic amines is 1. The number of amides is 1. The SMILES string of the molecule is CCC(C)(NC(=O)c1c[nH]c(=O)cn1)C(=O)O. The average Bonchev–Trinajstić information content (AvgIpc) is 2.29. The zero-order valence-corrected chi connectivity index (χ0v) is 9.48. The van der Waals surface area contributed by atoms with Crippen molar-refractivity contribution in [2.45, 2.75) is 25.8 Å². The van der Waals surface area contributed by atoms with Crippen LogP contribution in [0.3, 0.4) is 0 Å². The molecule has 7 nitrogen and oxygen atoms in total. The lowest BCUT2D eigenvalue weighted by Crippen LogP contribution is -2.51. The molecule has 0 spiro atoms. The third kappa shape index (κ3) is 2.90. The van der Waals surface area contributed by atoms with Crippen molar-refractivity contribution >= 4 is 11.9 Å². The highest BCUT2D eigenvalue weighted by atomic mass is 16.4. The summed E-state index contributed by atoms with van der Waals surface area (Å²) in [5.74, 6) is -1.77. The number of carboxylic acid groups (broad SMARTS) is 1. The molecule has 0 aliphatic carbocycles. The first kappa shape index (κ1) is 12.9. The molecule has 1 heterocycles. The molecule has 92 valence electrons. The van der Waals surface area contributed by atoms with Crippen molar-refractivity contribution in [2.24, 2.45) is 0 Å². The molecule has 0 fully saturated rings. The molecule has 1 aromatic rings. The molecular weight excluding hydrogens is 226 g/mol. The van der Waals surface area contributed by atoms with Crippen molar-refractivity contribution in [2.75, 3.05) is 0 Å². The van der Waals surface area contributed by atoms with Crippen molar-refractivity contribution in [1.82, 2.24) is 15.3 Å². The molecule has 0 aliphatic rings. The van der Waals surface area contributed by atoms with Gasteiger partial charge in [0.25, 0.3) is 11.5 Å². The summed E-state index contributed by atoms with van der Waals surface area (Å²) in [5, 5.41) is 11.3. The third-order valence-electron chi connectivity index (χ3n) is 2.47. The highest BCUT2D eigenvalue weighted by Gasteiger charge is 2.33. The molecule has 0 radical (unpaired) electrons. The molecule has 0 saturated heterocycles. The van der Waals surface area contributed by atoms with Gasteiger partial charge < -0.3 is 15.4 Å². The Morgan fingerprint density at radius 3 is 2.65 bits per heavy atom. The van der Waals surface area contributed by atoms with Gasteiger partial charge in [-0.3, -0.25) is 9.59 Å². The zero-order valence-electron chi connectivity index (χ0n) is 9.48. The van der Waals surface area contributed by atoms with E-state index in [2.05, 4.69) is 15.3 Å². The van der Waals surface area contributed by atoms with Crippen LogP contribution in [0.15, 0.2) is 17.2 Å². The Bertz CT molecular complexity index is 476. The van der Waals surface area contributed by atoms with Crippen LogP contribution in [-0.2, 0) is 4.79 Å². The molecule has 0 bridgehead atoms. The number of carbonyl (C=O) groups is 2. The lowest BCUT2D eigenvalue weighted by Gasteiger charge is -2.24. The van der Waals surface area contributed by atoms with Gasteiger partial charge in [0.05, 0.1) is 6.20 Å². The van der Waals surface area contributed by atoms with Crippen LogP contribution < -0.4 is 10.9 Å². The van der Waals surface area contributed by atoms with Crippen LogP contribution in [0.5, 0.6) is 0 Å². The number of carboxylic acids is 1. The summed E-state index contributed by atoms with van der Waals surface area (Å²) in [5.41, 5.74) is -1.82. The lowest BCUT2D eigenvalue weighted by molar-refractivity contribution is -0.143. The fraction of sp³-hybridized carbons (Fsp3) is 0.400. The highest BCUT2D eigenvalue weighted by molar-refractivity contribution is 5.95. The van der Waals surface area contributed by atoms with Gasteiger partial charge >= 0.3 is 5.97 Å². The predicted octanol–water partition coefficient (Wildman–Crippen LogP) is -0.247. The number of nitrogens with zero attached hydrogens (tertiary/aromatic N) is 1. The van der Waals surface area contributed by atoms with E-state index in [1.807, 2.05) is 0 Å². The molecule has 7 heteroatoms. The van der Waals surface area contributed by atoms with E-state index in [4.69, 9.17) is 5.11 Å². The minimum atomic E-state index is -1.35. The number of nitrogens with one attached hydrogen (secondary N) is 2. The van der Waals surface area contributed by atoms with Crippen LogP contribution in [0.4, 0.5) is 0 Å². The molecule has 1 aromatic heterocycles. The number of H-pyrrole nitrogens is 1. The van der Waals surface area contributed by atoms with Crippen LogP contribution in [0, 0.1) is 0 Å². The fourth-order valence-electron chi connectivity index (χ4n) is 1.07. The molecule has 3 N–H and O–H groups in total. The maximum atomic E-state index is 11.7. The first-order chi connectivity index (χ1) is 7.89. The van der Waals surface area contributed by atoms with Crippen molar-refractivity contribution in [1.29, 1.82) is 0 Å². The van der Waals surface area contributed by atoms with Gasteiger partial charge in [-0.05, 0) is 13.3 Å². The molecular formula is C10H13N3O4.